The third-order valence-corrected chi connectivity index (χ3v) is 3.75. The Kier molecular flexibility index (Phi) is 5.23. The van der Waals surface area contributed by atoms with Gasteiger partial charge >= 0.3 is 0 Å². The lowest BCUT2D eigenvalue weighted by atomic mass is 10.1. The summed E-state index contributed by atoms with van der Waals surface area (Å²) in [5.41, 5.74) is 2.82. The van der Waals surface area contributed by atoms with E-state index >= 15 is 0 Å². The number of aryl methyl sites for hydroxylation is 1. The molecule has 0 bridgehead atoms. The summed E-state index contributed by atoms with van der Waals surface area (Å²) < 4.78 is 0. The van der Waals surface area contributed by atoms with Crippen molar-refractivity contribution < 1.29 is 0 Å². The van der Waals surface area contributed by atoms with E-state index in [-0.39, 0.29) is 6.04 Å². The Labute approximate surface area is 116 Å². The molecule has 1 atom stereocenters. The van der Waals surface area contributed by atoms with Crippen LogP contribution in [0, 0.1) is 11.3 Å². The maximum atomic E-state index is 9.11. The highest BCUT2D eigenvalue weighted by Crippen LogP contribution is 2.26. The molecule has 1 heterocycles. The number of benzene rings is 1. The second-order valence-corrected chi connectivity index (χ2v) is 5.10. The molecule has 0 radical (unpaired) electrons. The van der Waals surface area contributed by atoms with Crippen molar-refractivity contribution in [1.82, 2.24) is 5.32 Å². The third-order valence-electron chi connectivity index (χ3n) is 3.75. The summed E-state index contributed by atoms with van der Waals surface area (Å²) in [6, 6.07) is 11.0. The van der Waals surface area contributed by atoms with Gasteiger partial charge in [-0.05, 0) is 43.9 Å². The second-order valence-electron chi connectivity index (χ2n) is 5.10. The summed E-state index contributed by atoms with van der Waals surface area (Å²) in [6.07, 6.45) is 4.58. The average Bonchev–Trinajstić information content (AvgIpc) is 2.66. The fraction of sp³-hybridized carbons (Fsp3) is 0.562. The van der Waals surface area contributed by atoms with Gasteiger partial charge in [0.25, 0.3) is 0 Å². The lowest BCUT2D eigenvalue weighted by Crippen LogP contribution is -2.33. The molecule has 0 saturated carbocycles. The lowest BCUT2D eigenvalue weighted by Gasteiger charge is -2.26. The number of hydrogen-bond acceptors (Lipinski definition) is 3. The van der Waals surface area contributed by atoms with Gasteiger partial charge in [0.2, 0.25) is 0 Å². The van der Waals surface area contributed by atoms with Crippen molar-refractivity contribution in [2.45, 2.75) is 38.6 Å². The lowest BCUT2D eigenvalue weighted by molar-refractivity contribution is 0.570. The third kappa shape index (κ3) is 3.71. The van der Waals surface area contributed by atoms with Crippen LogP contribution in [0.3, 0.4) is 0 Å². The van der Waals surface area contributed by atoms with Gasteiger partial charge in [-0.1, -0.05) is 25.1 Å². The molecule has 19 heavy (non-hydrogen) atoms. The van der Waals surface area contributed by atoms with Gasteiger partial charge in [0.05, 0.1) is 12.1 Å². The molecule has 0 fully saturated rings. The fourth-order valence-corrected chi connectivity index (χ4v) is 2.75. The topological polar surface area (TPSA) is 39.1 Å². The molecule has 102 valence electrons. The van der Waals surface area contributed by atoms with E-state index in [0.29, 0.717) is 0 Å². The Balaban J connectivity index is 2.02. The number of nitriles is 1. The highest BCUT2D eigenvalue weighted by Gasteiger charge is 2.16. The van der Waals surface area contributed by atoms with Crippen LogP contribution in [0.5, 0.6) is 0 Å². The van der Waals surface area contributed by atoms with Crippen LogP contribution in [0.4, 0.5) is 5.69 Å². The summed E-state index contributed by atoms with van der Waals surface area (Å²) in [5.74, 6) is 0. The zero-order valence-electron chi connectivity index (χ0n) is 11.7. The molecule has 1 aliphatic heterocycles. The summed E-state index contributed by atoms with van der Waals surface area (Å²) in [5, 5.41) is 12.3. The van der Waals surface area contributed by atoms with Crippen molar-refractivity contribution in [2.75, 3.05) is 24.5 Å². The number of fused-ring (bicyclic) bond motifs is 1. The predicted octanol–water partition coefficient (Wildman–Crippen LogP) is 2.72. The van der Waals surface area contributed by atoms with Gasteiger partial charge in [-0.3, -0.25) is 0 Å². The van der Waals surface area contributed by atoms with Crippen molar-refractivity contribution in [1.29, 1.82) is 5.26 Å². The Morgan fingerprint density at radius 3 is 3.00 bits per heavy atom. The molecule has 1 aliphatic rings. The van der Waals surface area contributed by atoms with Gasteiger partial charge in [0, 0.05) is 18.8 Å². The van der Waals surface area contributed by atoms with Crippen molar-refractivity contribution in [3.8, 4) is 6.07 Å². The quantitative estimate of drug-likeness (QED) is 0.881. The van der Waals surface area contributed by atoms with Crippen LogP contribution in [-0.4, -0.2) is 25.7 Å². The minimum absolute atomic E-state index is 0.0274. The van der Waals surface area contributed by atoms with Crippen LogP contribution >= 0.6 is 0 Å². The Morgan fingerprint density at radius 2 is 2.21 bits per heavy atom. The minimum Gasteiger partial charge on any atom is -0.371 e. The van der Waals surface area contributed by atoms with E-state index in [1.54, 1.807) is 0 Å². The average molecular weight is 257 g/mol. The van der Waals surface area contributed by atoms with Crippen molar-refractivity contribution >= 4 is 5.69 Å². The molecule has 1 aromatic rings. The molecule has 0 aromatic heterocycles. The van der Waals surface area contributed by atoms with Crippen LogP contribution < -0.4 is 10.2 Å². The number of nitrogens with one attached hydrogen (secondary N) is 1. The number of anilines is 1. The Hall–Kier alpha value is -1.53. The monoisotopic (exact) mass is 257 g/mol. The van der Waals surface area contributed by atoms with Gasteiger partial charge in [0.15, 0.2) is 0 Å². The van der Waals surface area contributed by atoms with Gasteiger partial charge in [-0.15, -0.1) is 0 Å². The number of hydrogen-bond donors (Lipinski definition) is 1. The molecule has 0 amide bonds. The minimum atomic E-state index is -0.0274. The highest BCUT2D eigenvalue weighted by molar-refractivity contribution is 5.54. The van der Waals surface area contributed by atoms with Crippen LogP contribution in [0.25, 0.3) is 0 Å². The second kappa shape index (κ2) is 7.16. The van der Waals surface area contributed by atoms with Crippen LogP contribution in [0.1, 0.15) is 31.7 Å². The van der Waals surface area contributed by atoms with E-state index in [1.165, 1.54) is 30.5 Å². The fourth-order valence-electron chi connectivity index (χ4n) is 2.75. The maximum absolute atomic E-state index is 9.11. The zero-order valence-corrected chi connectivity index (χ0v) is 11.7. The summed E-state index contributed by atoms with van der Waals surface area (Å²) in [6.45, 7) is 4.98. The van der Waals surface area contributed by atoms with Gasteiger partial charge < -0.3 is 10.2 Å². The van der Waals surface area contributed by atoms with E-state index < -0.39 is 0 Å². The molecule has 1 N–H and O–H groups in total. The molecule has 3 nitrogen and oxygen atoms in total. The molecule has 1 aromatic carbocycles. The van der Waals surface area contributed by atoms with E-state index in [0.717, 1.165) is 26.1 Å². The van der Waals surface area contributed by atoms with Crippen molar-refractivity contribution in [3.05, 3.63) is 29.8 Å². The standard InChI is InChI=1S/C16H23N3/c1-2-18-15(13-17)10-12-19-11-6-5-8-14-7-3-4-9-16(14)19/h3-4,7,9,15,18H,2,5-6,8,10-12H2,1H3. The SMILES string of the molecule is CCNC(C#N)CCN1CCCCc2ccccc21. The zero-order chi connectivity index (χ0) is 13.5. The highest BCUT2D eigenvalue weighted by atomic mass is 15.1. The van der Waals surface area contributed by atoms with Gasteiger partial charge in [-0.25, -0.2) is 0 Å². The normalized spacial score (nSPS) is 16.3. The van der Waals surface area contributed by atoms with Crippen LogP contribution in [0.15, 0.2) is 24.3 Å². The van der Waals surface area contributed by atoms with Crippen molar-refractivity contribution in [3.63, 3.8) is 0 Å². The molecule has 0 saturated heterocycles. The molecule has 0 aliphatic carbocycles. The van der Waals surface area contributed by atoms with E-state index in [1.807, 2.05) is 6.92 Å². The molecule has 3 heteroatoms. The largest absolute Gasteiger partial charge is 0.371 e. The van der Waals surface area contributed by atoms with E-state index in [2.05, 4.69) is 40.6 Å². The summed E-state index contributed by atoms with van der Waals surface area (Å²) in [4.78, 5) is 2.45. The van der Waals surface area contributed by atoms with Gasteiger partial charge in [0.1, 0.15) is 0 Å². The summed E-state index contributed by atoms with van der Waals surface area (Å²) >= 11 is 0. The molecule has 1 unspecified atom stereocenters. The summed E-state index contributed by atoms with van der Waals surface area (Å²) in [7, 11) is 0. The first-order chi connectivity index (χ1) is 9.35. The Morgan fingerprint density at radius 1 is 1.37 bits per heavy atom. The van der Waals surface area contributed by atoms with Crippen LogP contribution in [0.2, 0.25) is 0 Å². The first kappa shape index (κ1) is 13.9. The van der Waals surface area contributed by atoms with Crippen molar-refractivity contribution in [2.24, 2.45) is 0 Å². The Bertz CT molecular complexity index is 436. The number of rotatable bonds is 5. The van der Waals surface area contributed by atoms with E-state index in [9.17, 15) is 0 Å². The number of para-hydroxylation sites is 1. The predicted molar refractivity (Wildman–Crippen MR) is 79.3 cm³/mol. The molecule has 2 rings (SSSR count). The molecule has 0 spiro atoms. The van der Waals surface area contributed by atoms with E-state index in [4.69, 9.17) is 5.26 Å². The first-order valence-corrected chi connectivity index (χ1v) is 7.31. The smallest absolute Gasteiger partial charge is 0.0969 e. The number of nitrogens with zero attached hydrogens (tertiary/aromatic N) is 2. The first-order valence-electron chi connectivity index (χ1n) is 7.31. The molecular weight excluding hydrogens is 234 g/mol. The maximum Gasteiger partial charge on any atom is 0.0969 e. The molecular formula is C16H23N3. The van der Waals surface area contributed by atoms with Crippen LogP contribution in [-0.2, 0) is 6.42 Å². The van der Waals surface area contributed by atoms with Gasteiger partial charge in [-0.2, -0.15) is 5.26 Å².